The maximum absolute atomic E-state index is 11.4. The number of nitrogens with zero attached hydrogens (tertiary/aromatic N) is 1. The molecule has 0 amide bonds. The molecule has 0 unspecified atom stereocenters. The van der Waals surface area contributed by atoms with Gasteiger partial charge in [0, 0.05) is 12.4 Å². The number of carbonyl (C=O) groups is 1. The second-order valence-electron chi connectivity index (χ2n) is 6.07. The van der Waals surface area contributed by atoms with E-state index in [1.54, 1.807) is 0 Å². The van der Waals surface area contributed by atoms with E-state index < -0.39 is 11.6 Å². The van der Waals surface area contributed by atoms with Crippen LogP contribution in [0.5, 0.6) is 0 Å². The number of hydrogen-bond acceptors (Lipinski definition) is 2. The average Bonchev–Trinajstić information content (AvgIpc) is 2.81. The van der Waals surface area contributed by atoms with Crippen LogP contribution in [0.1, 0.15) is 43.5 Å². The van der Waals surface area contributed by atoms with E-state index in [9.17, 15) is 9.90 Å². The molecule has 1 N–H and O–H groups in total. The molecule has 118 valence electrons. The lowest BCUT2D eigenvalue weighted by atomic mass is 9.86. The molecule has 0 bridgehead atoms. The van der Waals surface area contributed by atoms with Crippen molar-refractivity contribution >= 4 is 16.9 Å². The van der Waals surface area contributed by atoms with Crippen molar-refractivity contribution in [3.63, 3.8) is 0 Å². The van der Waals surface area contributed by atoms with Crippen LogP contribution in [-0.4, -0.2) is 22.2 Å². The third kappa shape index (κ3) is 2.05. The summed E-state index contributed by atoms with van der Waals surface area (Å²) in [6, 6.07) is 6.40. The topological polar surface area (TPSA) is 51.5 Å². The number of rotatable bonds is 4. The monoisotopic (exact) mass is 301 g/mol. The van der Waals surface area contributed by atoms with E-state index in [0.717, 1.165) is 18.5 Å². The van der Waals surface area contributed by atoms with Gasteiger partial charge in [-0.2, -0.15) is 0 Å². The first-order valence-corrected chi connectivity index (χ1v) is 7.99. The number of carboxylic acid groups (broad SMARTS) is 1. The van der Waals surface area contributed by atoms with E-state index in [2.05, 4.69) is 29.7 Å². The Morgan fingerprint density at radius 3 is 2.82 bits per heavy atom. The van der Waals surface area contributed by atoms with E-state index in [0.29, 0.717) is 13.0 Å². The van der Waals surface area contributed by atoms with Crippen molar-refractivity contribution in [1.29, 1.82) is 0 Å². The van der Waals surface area contributed by atoms with Crippen molar-refractivity contribution in [3.05, 3.63) is 35.0 Å². The maximum Gasteiger partial charge on any atom is 0.306 e. The lowest BCUT2D eigenvalue weighted by Crippen LogP contribution is -2.38. The molecule has 1 atom stereocenters. The molecule has 1 aliphatic heterocycles. The van der Waals surface area contributed by atoms with Crippen LogP contribution in [0.25, 0.3) is 10.9 Å². The Hall–Kier alpha value is -1.81. The van der Waals surface area contributed by atoms with E-state index >= 15 is 0 Å². The van der Waals surface area contributed by atoms with Crippen LogP contribution in [-0.2, 0) is 35.0 Å². The summed E-state index contributed by atoms with van der Waals surface area (Å²) in [7, 11) is 2.04. The van der Waals surface area contributed by atoms with Crippen LogP contribution in [0.4, 0.5) is 0 Å². The number of aryl methyl sites for hydroxylation is 2. The molecule has 0 aliphatic carbocycles. The highest BCUT2D eigenvalue weighted by atomic mass is 16.5. The molecule has 0 spiro atoms. The minimum absolute atomic E-state index is 0.0160. The zero-order chi connectivity index (χ0) is 15.9. The van der Waals surface area contributed by atoms with Gasteiger partial charge in [-0.3, -0.25) is 4.79 Å². The Kier molecular flexibility index (Phi) is 3.73. The average molecular weight is 301 g/mol. The molecule has 4 heteroatoms. The quantitative estimate of drug-likeness (QED) is 0.941. The highest BCUT2D eigenvalue weighted by molar-refractivity contribution is 5.89. The molecule has 0 fully saturated rings. The van der Waals surface area contributed by atoms with Crippen LogP contribution in [0.3, 0.4) is 0 Å². The largest absolute Gasteiger partial charge is 0.481 e. The van der Waals surface area contributed by atoms with Crippen molar-refractivity contribution in [1.82, 2.24) is 4.57 Å². The van der Waals surface area contributed by atoms with Crippen LogP contribution >= 0.6 is 0 Å². The molecule has 0 radical (unpaired) electrons. The Morgan fingerprint density at radius 2 is 2.18 bits per heavy atom. The van der Waals surface area contributed by atoms with Gasteiger partial charge in [0.15, 0.2) is 0 Å². The van der Waals surface area contributed by atoms with Crippen LogP contribution in [0.15, 0.2) is 18.2 Å². The molecular formula is C18H23NO3. The second-order valence-corrected chi connectivity index (χ2v) is 6.07. The molecule has 0 saturated heterocycles. The second kappa shape index (κ2) is 5.43. The number of benzene rings is 1. The zero-order valence-corrected chi connectivity index (χ0v) is 13.5. The summed E-state index contributed by atoms with van der Waals surface area (Å²) in [5.41, 5.74) is 4.14. The van der Waals surface area contributed by atoms with Crippen LogP contribution in [0.2, 0.25) is 0 Å². The molecule has 2 aromatic rings. The van der Waals surface area contributed by atoms with Gasteiger partial charge in [0.1, 0.15) is 5.60 Å². The Balaban J connectivity index is 2.33. The molecule has 1 aromatic carbocycles. The van der Waals surface area contributed by atoms with Gasteiger partial charge in [0.25, 0.3) is 0 Å². The van der Waals surface area contributed by atoms with Crippen LogP contribution in [0, 0.1) is 0 Å². The number of hydrogen-bond donors (Lipinski definition) is 1. The molecule has 2 heterocycles. The zero-order valence-electron chi connectivity index (χ0n) is 13.5. The maximum atomic E-state index is 11.4. The van der Waals surface area contributed by atoms with Crippen molar-refractivity contribution in [2.24, 2.45) is 7.05 Å². The highest BCUT2D eigenvalue weighted by Gasteiger charge is 2.42. The Morgan fingerprint density at radius 1 is 1.41 bits per heavy atom. The minimum atomic E-state index is -0.810. The van der Waals surface area contributed by atoms with Gasteiger partial charge in [-0.05, 0) is 30.4 Å². The lowest BCUT2D eigenvalue weighted by molar-refractivity contribution is -0.149. The first-order chi connectivity index (χ1) is 10.5. The Bertz CT molecular complexity index is 731. The number of fused-ring (bicyclic) bond motifs is 3. The van der Waals surface area contributed by atoms with Gasteiger partial charge >= 0.3 is 5.97 Å². The predicted molar refractivity (Wildman–Crippen MR) is 86.2 cm³/mol. The summed E-state index contributed by atoms with van der Waals surface area (Å²) in [5.74, 6) is -0.810. The third-order valence-electron chi connectivity index (χ3n) is 4.95. The standard InChI is InChI=1S/C18H23NO3/c1-4-12-7-6-8-13-14-9-10-22-18(5-2,11-15(20)21)17(14)19(3)16(12)13/h6-8H,4-5,9-11H2,1-3H3,(H,20,21)/t18-/m0/s1. The van der Waals surface area contributed by atoms with Gasteiger partial charge < -0.3 is 14.4 Å². The SMILES string of the molecule is CCc1cccc2c3c(n(C)c12)[C@](CC)(CC(=O)O)OCC3. The summed E-state index contributed by atoms with van der Waals surface area (Å²) in [6.07, 6.45) is 2.49. The van der Waals surface area contributed by atoms with Crippen molar-refractivity contribution in [2.45, 2.75) is 45.1 Å². The normalized spacial score (nSPS) is 21.0. The Labute approximate surface area is 130 Å². The van der Waals surface area contributed by atoms with Gasteiger partial charge in [-0.15, -0.1) is 0 Å². The number of aliphatic carboxylic acids is 1. The molecule has 1 aliphatic rings. The van der Waals surface area contributed by atoms with Gasteiger partial charge in [0.2, 0.25) is 0 Å². The van der Waals surface area contributed by atoms with Gasteiger partial charge in [-0.25, -0.2) is 0 Å². The molecule has 22 heavy (non-hydrogen) atoms. The minimum Gasteiger partial charge on any atom is -0.481 e. The summed E-state index contributed by atoms with van der Waals surface area (Å²) in [6.45, 7) is 4.75. The van der Waals surface area contributed by atoms with E-state index in [1.165, 1.54) is 22.0 Å². The summed E-state index contributed by atoms with van der Waals surface area (Å²) >= 11 is 0. The van der Waals surface area contributed by atoms with Gasteiger partial charge in [-0.1, -0.05) is 32.0 Å². The van der Waals surface area contributed by atoms with E-state index in [-0.39, 0.29) is 6.42 Å². The fourth-order valence-electron chi connectivity index (χ4n) is 3.98. The van der Waals surface area contributed by atoms with Crippen molar-refractivity contribution in [2.75, 3.05) is 6.61 Å². The smallest absolute Gasteiger partial charge is 0.306 e. The first-order valence-electron chi connectivity index (χ1n) is 7.99. The predicted octanol–water partition coefficient (Wildman–Crippen LogP) is 3.39. The summed E-state index contributed by atoms with van der Waals surface area (Å²) in [5, 5.41) is 10.6. The first kappa shape index (κ1) is 15.1. The number of ether oxygens (including phenoxy) is 1. The van der Waals surface area contributed by atoms with Crippen LogP contribution < -0.4 is 0 Å². The fourth-order valence-corrected chi connectivity index (χ4v) is 3.98. The highest BCUT2D eigenvalue weighted by Crippen LogP contribution is 2.43. The summed E-state index contributed by atoms with van der Waals surface area (Å²) < 4.78 is 8.21. The van der Waals surface area contributed by atoms with E-state index in [1.807, 2.05) is 14.0 Å². The third-order valence-corrected chi connectivity index (χ3v) is 4.95. The van der Waals surface area contributed by atoms with Gasteiger partial charge in [0.05, 0.1) is 24.2 Å². The molecule has 4 nitrogen and oxygen atoms in total. The molecular weight excluding hydrogens is 278 g/mol. The molecule has 1 aromatic heterocycles. The van der Waals surface area contributed by atoms with E-state index in [4.69, 9.17) is 4.74 Å². The molecule has 0 saturated carbocycles. The summed E-state index contributed by atoms with van der Waals surface area (Å²) in [4.78, 5) is 11.4. The van der Waals surface area contributed by atoms with Crippen molar-refractivity contribution < 1.29 is 14.6 Å². The lowest BCUT2D eigenvalue weighted by Gasteiger charge is -2.37. The fraction of sp³-hybridized carbons (Fsp3) is 0.500. The molecule has 3 rings (SSSR count). The number of para-hydroxylation sites is 1. The van der Waals surface area contributed by atoms with Crippen molar-refractivity contribution in [3.8, 4) is 0 Å². The number of aromatic nitrogens is 1. The number of carboxylic acids is 1.